The molecule has 0 fully saturated rings. The highest BCUT2D eigenvalue weighted by atomic mass is 32.1. The third-order valence-corrected chi connectivity index (χ3v) is 4.13. The van der Waals surface area contributed by atoms with Crippen molar-refractivity contribution < 1.29 is 4.79 Å². The number of carbonyl (C=O) groups is 1. The minimum Gasteiger partial charge on any atom is -0.342 e. The van der Waals surface area contributed by atoms with Gasteiger partial charge in [0, 0.05) is 4.88 Å². The molecule has 102 valence electrons. The molecule has 3 aromatic rings. The van der Waals surface area contributed by atoms with Gasteiger partial charge in [0.05, 0.1) is 22.0 Å². The Balaban J connectivity index is 1.78. The van der Waals surface area contributed by atoms with E-state index < -0.39 is 0 Å². The standard InChI is InChI=1S/C15H15N3OS/c1-9-7-8-13(20-9)15(19)16-10(2)14-17-11-5-3-4-6-12(11)18-14/h3-8,10H,1-2H3,(H,16,19)(H,17,18)/t10-/m0/s1. The quantitative estimate of drug-likeness (QED) is 0.774. The van der Waals surface area contributed by atoms with E-state index in [9.17, 15) is 4.79 Å². The number of hydrogen-bond acceptors (Lipinski definition) is 3. The fraction of sp³-hybridized carbons (Fsp3) is 0.200. The maximum atomic E-state index is 12.1. The maximum Gasteiger partial charge on any atom is 0.261 e. The van der Waals surface area contributed by atoms with Crippen LogP contribution >= 0.6 is 11.3 Å². The van der Waals surface area contributed by atoms with Gasteiger partial charge >= 0.3 is 0 Å². The Morgan fingerprint density at radius 2 is 2.10 bits per heavy atom. The number of hydrogen-bond donors (Lipinski definition) is 2. The highest BCUT2D eigenvalue weighted by Crippen LogP contribution is 2.18. The lowest BCUT2D eigenvalue weighted by molar-refractivity contribution is 0.0942. The van der Waals surface area contributed by atoms with Crippen molar-refractivity contribution in [1.29, 1.82) is 0 Å². The lowest BCUT2D eigenvalue weighted by Crippen LogP contribution is -2.26. The Morgan fingerprint density at radius 3 is 2.80 bits per heavy atom. The van der Waals surface area contributed by atoms with Gasteiger partial charge in [-0.05, 0) is 38.1 Å². The zero-order valence-corrected chi connectivity index (χ0v) is 12.1. The summed E-state index contributed by atoms with van der Waals surface area (Å²) in [5.74, 6) is 0.712. The molecule has 3 rings (SSSR count). The topological polar surface area (TPSA) is 57.8 Å². The predicted molar refractivity (Wildman–Crippen MR) is 81.0 cm³/mol. The number of aryl methyl sites for hydroxylation is 1. The van der Waals surface area contributed by atoms with Gasteiger partial charge in [0.1, 0.15) is 5.82 Å². The SMILES string of the molecule is Cc1ccc(C(=O)N[C@@H](C)c2nc3ccccc3[nH]2)s1. The van der Waals surface area contributed by atoms with E-state index in [1.165, 1.54) is 11.3 Å². The lowest BCUT2D eigenvalue weighted by Gasteiger charge is -2.10. The first-order valence-electron chi connectivity index (χ1n) is 6.45. The third kappa shape index (κ3) is 2.44. The van der Waals surface area contributed by atoms with Gasteiger partial charge in [-0.15, -0.1) is 11.3 Å². The molecule has 20 heavy (non-hydrogen) atoms. The summed E-state index contributed by atoms with van der Waals surface area (Å²) >= 11 is 1.50. The van der Waals surface area contributed by atoms with Gasteiger partial charge in [0.25, 0.3) is 5.91 Å². The summed E-state index contributed by atoms with van der Waals surface area (Å²) in [6.45, 7) is 3.92. The number of nitrogens with one attached hydrogen (secondary N) is 2. The fourth-order valence-corrected chi connectivity index (χ4v) is 2.84. The molecule has 1 amide bonds. The third-order valence-electron chi connectivity index (χ3n) is 3.13. The second kappa shape index (κ2) is 5.09. The van der Waals surface area contributed by atoms with Crippen molar-refractivity contribution in [3.63, 3.8) is 0 Å². The van der Waals surface area contributed by atoms with Gasteiger partial charge in [-0.2, -0.15) is 0 Å². The Kier molecular flexibility index (Phi) is 3.28. The Labute approximate surface area is 120 Å². The van der Waals surface area contributed by atoms with Crippen molar-refractivity contribution in [3.8, 4) is 0 Å². The van der Waals surface area contributed by atoms with Crippen LogP contribution in [-0.2, 0) is 0 Å². The molecule has 2 heterocycles. The summed E-state index contributed by atoms with van der Waals surface area (Å²) in [4.78, 5) is 21.7. The number of amides is 1. The predicted octanol–water partition coefficient (Wildman–Crippen LogP) is 3.42. The van der Waals surface area contributed by atoms with E-state index in [4.69, 9.17) is 0 Å². The maximum absolute atomic E-state index is 12.1. The van der Waals surface area contributed by atoms with Crippen LogP contribution in [0.2, 0.25) is 0 Å². The summed E-state index contributed by atoms with van der Waals surface area (Å²) in [5, 5.41) is 2.96. The number of H-pyrrole nitrogens is 1. The van der Waals surface area contributed by atoms with Crippen molar-refractivity contribution in [2.45, 2.75) is 19.9 Å². The number of nitrogens with zero attached hydrogens (tertiary/aromatic N) is 1. The van der Waals surface area contributed by atoms with Crippen molar-refractivity contribution in [3.05, 3.63) is 52.0 Å². The van der Waals surface area contributed by atoms with E-state index in [-0.39, 0.29) is 11.9 Å². The van der Waals surface area contributed by atoms with Gasteiger partial charge in [-0.1, -0.05) is 12.1 Å². The van der Waals surface area contributed by atoms with Crippen LogP contribution < -0.4 is 5.32 Å². The van der Waals surface area contributed by atoms with Gasteiger partial charge in [0.2, 0.25) is 0 Å². The molecule has 0 aliphatic rings. The molecule has 0 spiro atoms. The number of thiophene rings is 1. The van der Waals surface area contributed by atoms with Gasteiger partial charge in [-0.3, -0.25) is 4.79 Å². The van der Waals surface area contributed by atoms with Gasteiger partial charge in [0.15, 0.2) is 0 Å². The molecule has 2 aromatic heterocycles. The van der Waals surface area contributed by atoms with Crippen molar-refractivity contribution in [1.82, 2.24) is 15.3 Å². The number of carbonyl (C=O) groups excluding carboxylic acids is 1. The van der Waals surface area contributed by atoms with E-state index in [0.29, 0.717) is 0 Å². The second-order valence-electron chi connectivity index (χ2n) is 4.74. The molecule has 4 nitrogen and oxygen atoms in total. The largest absolute Gasteiger partial charge is 0.342 e. The van der Waals surface area contributed by atoms with Crippen molar-refractivity contribution >= 4 is 28.3 Å². The fourth-order valence-electron chi connectivity index (χ4n) is 2.07. The normalized spacial score (nSPS) is 12.5. The van der Waals surface area contributed by atoms with E-state index in [1.807, 2.05) is 50.2 Å². The molecular formula is C15H15N3OS. The number of rotatable bonds is 3. The molecule has 0 unspecified atom stereocenters. The molecule has 0 radical (unpaired) electrons. The monoisotopic (exact) mass is 285 g/mol. The molecule has 0 bridgehead atoms. The summed E-state index contributed by atoms with van der Waals surface area (Å²) in [5.41, 5.74) is 1.89. The van der Waals surface area contributed by atoms with Crippen LogP contribution in [0, 0.1) is 6.92 Å². The zero-order valence-electron chi connectivity index (χ0n) is 11.3. The van der Waals surface area contributed by atoms with E-state index in [2.05, 4.69) is 15.3 Å². The molecule has 1 aromatic carbocycles. The Bertz CT molecular complexity index is 726. The molecule has 0 aliphatic heterocycles. The molecule has 0 saturated carbocycles. The zero-order chi connectivity index (χ0) is 14.1. The van der Waals surface area contributed by atoms with Gasteiger partial charge < -0.3 is 10.3 Å². The summed E-state index contributed by atoms with van der Waals surface area (Å²) in [6.07, 6.45) is 0. The first kappa shape index (κ1) is 12.9. The molecule has 5 heteroatoms. The number of aromatic amines is 1. The molecule has 0 saturated heterocycles. The number of para-hydroxylation sites is 2. The summed E-state index contributed by atoms with van der Waals surface area (Å²) in [6, 6.07) is 11.5. The van der Waals surface area contributed by atoms with E-state index in [0.717, 1.165) is 26.6 Å². The lowest BCUT2D eigenvalue weighted by atomic mass is 10.3. The van der Waals surface area contributed by atoms with E-state index >= 15 is 0 Å². The minimum absolute atomic E-state index is 0.0592. The molecule has 1 atom stereocenters. The minimum atomic E-state index is -0.155. The van der Waals surface area contributed by atoms with Crippen LogP contribution in [-0.4, -0.2) is 15.9 Å². The Morgan fingerprint density at radius 1 is 1.30 bits per heavy atom. The number of benzene rings is 1. The summed E-state index contributed by atoms with van der Waals surface area (Å²) in [7, 11) is 0. The highest BCUT2D eigenvalue weighted by molar-refractivity contribution is 7.13. The molecule has 0 aliphatic carbocycles. The average Bonchev–Trinajstić information content (AvgIpc) is 3.04. The smallest absolute Gasteiger partial charge is 0.261 e. The van der Waals surface area contributed by atoms with E-state index in [1.54, 1.807) is 0 Å². The van der Waals surface area contributed by atoms with Crippen LogP contribution in [0.15, 0.2) is 36.4 Å². The van der Waals surface area contributed by atoms with Crippen LogP contribution in [0.3, 0.4) is 0 Å². The number of fused-ring (bicyclic) bond motifs is 1. The van der Waals surface area contributed by atoms with Gasteiger partial charge in [-0.25, -0.2) is 4.98 Å². The van der Waals surface area contributed by atoms with Crippen LogP contribution in [0.5, 0.6) is 0 Å². The second-order valence-corrected chi connectivity index (χ2v) is 6.03. The average molecular weight is 285 g/mol. The first-order valence-corrected chi connectivity index (χ1v) is 7.27. The van der Waals surface area contributed by atoms with Crippen molar-refractivity contribution in [2.75, 3.05) is 0 Å². The Hall–Kier alpha value is -2.14. The molecule has 2 N–H and O–H groups in total. The van der Waals surface area contributed by atoms with Crippen LogP contribution in [0.4, 0.5) is 0 Å². The van der Waals surface area contributed by atoms with Crippen LogP contribution in [0.25, 0.3) is 11.0 Å². The first-order chi connectivity index (χ1) is 9.63. The molecular weight excluding hydrogens is 270 g/mol. The summed E-state index contributed by atoms with van der Waals surface area (Å²) < 4.78 is 0. The number of imidazole rings is 1. The number of aromatic nitrogens is 2. The van der Waals surface area contributed by atoms with Crippen LogP contribution in [0.1, 0.15) is 33.3 Å². The highest BCUT2D eigenvalue weighted by Gasteiger charge is 2.15. The van der Waals surface area contributed by atoms with Crippen molar-refractivity contribution in [2.24, 2.45) is 0 Å².